The van der Waals surface area contributed by atoms with E-state index in [0.717, 1.165) is 11.6 Å². The third-order valence-electron chi connectivity index (χ3n) is 2.97. The largest absolute Gasteiger partial charge is 0.277 e. The van der Waals surface area contributed by atoms with Crippen LogP contribution in [-0.4, -0.2) is 14.5 Å². The number of fused-ring (bicyclic) bond motifs is 1. The van der Waals surface area contributed by atoms with Crippen molar-refractivity contribution in [2.24, 2.45) is 0 Å². The van der Waals surface area contributed by atoms with Gasteiger partial charge in [0.2, 0.25) is 0 Å². The number of nitrogens with zero attached hydrogens (tertiary/aromatic N) is 3. The molecule has 2 aromatic heterocycles. The maximum Gasteiger partial charge on any atom is 0.164 e. The van der Waals surface area contributed by atoms with Gasteiger partial charge in [-0.1, -0.05) is 0 Å². The van der Waals surface area contributed by atoms with E-state index in [4.69, 9.17) is 11.6 Å². The van der Waals surface area contributed by atoms with Crippen molar-refractivity contribution in [1.29, 1.82) is 0 Å². The molecule has 3 nitrogen and oxygen atoms in total. The lowest BCUT2D eigenvalue weighted by Crippen LogP contribution is -2.03. The number of aryl methyl sites for hydroxylation is 1. The Morgan fingerprint density at radius 3 is 2.75 bits per heavy atom. The van der Waals surface area contributed by atoms with Crippen LogP contribution >= 0.6 is 11.6 Å². The molecule has 102 valence electrons. The van der Waals surface area contributed by atoms with Crippen molar-refractivity contribution in [3.63, 3.8) is 0 Å². The molecule has 0 saturated heterocycles. The van der Waals surface area contributed by atoms with Gasteiger partial charge in [-0.25, -0.2) is 18.7 Å². The molecule has 0 spiro atoms. The molecule has 0 aliphatic rings. The van der Waals surface area contributed by atoms with Gasteiger partial charge in [-0.15, -0.1) is 11.6 Å². The third-order valence-corrected chi connectivity index (χ3v) is 3.21. The predicted octanol–water partition coefficient (Wildman–Crippen LogP) is 3.75. The first-order valence-corrected chi connectivity index (χ1v) is 6.49. The van der Waals surface area contributed by atoms with E-state index in [1.165, 1.54) is 16.7 Å². The molecule has 0 aliphatic heterocycles. The molecule has 0 saturated carbocycles. The second kappa shape index (κ2) is 4.83. The molecule has 0 bridgehead atoms. The molecule has 0 atom stereocenters. The second-order valence-electron chi connectivity index (χ2n) is 4.45. The van der Waals surface area contributed by atoms with Crippen molar-refractivity contribution < 1.29 is 8.78 Å². The van der Waals surface area contributed by atoms with Crippen LogP contribution < -0.4 is 0 Å². The summed E-state index contributed by atoms with van der Waals surface area (Å²) in [7, 11) is 0. The van der Waals surface area contributed by atoms with Gasteiger partial charge in [0.25, 0.3) is 0 Å². The Balaban J connectivity index is 2.34. The minimum Gasteiger partial charge on any atom is -0.277 e. The normalized spacial score (nSPS) is 11.2. The van der Waals surface area contributed by atoms with Crippen LogP contribution in [0.1, 0.15) is 11.4 Å². The quantitative estimate of drug-likeness (QED) is 0.674. The van der Waals surface area contributed by atoms with Crippen molar-refractivity contribution >= 4 is 22.8 Å². The summed E-state index contributed by atoms with van der Waals surface area (Å²) in [6.07, 6.45) is 1.67. The summed E-state index contributed by atoms with van der Waals surface area (Å²) in [5, 5.41) is 0. The molecule has 0 fully saturated rings. The average molecular weight is 294 g/mol. The zero-order valence-corrected chi connectivity index (χ0v) is 11.3. The Morgan fingerprint density at radius 1 is 1.25 bits per heavy atom. The van der Waals surface area contributed by atoms with E-state index in [1.54, 1.807) is 6.20 Å². The molecule has 0 aliphatic carbocycles. The van der Waals surface area contributed by atoms with E-state index < -0.39 is 11.6 Å². The Bertz CT molecular complexity index is 798. The van der Waals surface area contributed by atoms with Crippen LogP contribution in [0.3, 0.4) is 0 Å². The predicted molar refractivity (Wildman–Crippen MR) is 73.1 cm³/mol. The highest BCUT2D eigenvalue weighted by molar-refractivity contribution is 6.16. The second-order valence-corrected chi connectivity index (χ2v) is 4.72. The maximum absolute atomic E-state index is 14.0. The molecule has 3 rings (SSSR count). The number of imidazole rings is 1. The highest BCUT2D eigenvalue weighted by Gasteiger charge is 2.16. The van der Waals surface area contributed by atoms with E-state index in [1.807, 2.05) is 13.0 Å². The highest BCUT2D eigenvalue weighted by Crippen LogP contribution is 2.24. The van der Waals surface area contributed by atoms with Crippen LogP contribution in [0, 0.1) is 18.6 Å². The zero-order chi connectivity index (χ0) is 14.3. The van der Waals surface area contributed by atoms with Gasteiger partial charge in [-0.05, 0) is 30.7 Å². The standard InChI is InChI=1S/C14H10ClF2N3/c1-8-4-11-14(18-7-8)20(13(6-15)19-11)12-3-2-9(16)5-10(12)17/h2-5,7H,6H2,1H3. The Morgan fingerprint density at radius 2 is 2.05 bits per heavy atom. The molecule has 3 aromatic rings. The number of hydrogen-bond donors (Lipinski definition) is 0. The van der Waals surface area contributed by atoms with E-state index >= 15 is 0 Å². The lowest BCUT2D eigenvalue weighted by atomic mass is 10.2. The molecule has 0 unspecified atom stereocenters. The zero-order valence-electron chi connectivity index (χ0n) is 10.6. The molecule has 6 heteroatoms. The molecule has 0 amide bonds. The van der Waals surface area contributed by atoms with Gasteiger partial charge in [0, 0.05) is 12.3 Å². The summed E-state index contributed by atoms with van der Waals surface area (Å²) < 4.78 is 28.5. The van der Waals surface area contributed by atoms with Gasteiger partial charge >= 0.3 is 0 Å². The topological polar surface area (TPSA) is 30.7 Å². The van der Waals surface area contributed by atoms with E-state index in [-0.39, 0.29) is 11.6 Å². The maximum atomic E-state index is 14.0. The number of pyridine rings is 1. The summed E-state index contributed by atoms with van der Waals surface area (Å²) >= 11 is 5.87. The van der Waals surface area contributed by atoms with Crippen LogP contribution in [0.4, 0.5) is 8.78 Å². The fourth-order valence-corrected chi connectivity index (χ4v) is 2.30. The monoisotopic (exact) mass is 293 g/mol. The van der Waals surface area contributed by atoms with Crippen LogP contribution in [-0.2, 0) is 5.88 Å². The van der Waals surface area contributed by atoms with Crippen LogP contribution in [0.15, 0.2) is 30.5 Å². The number of aromatic nitrogens is 3. The number of alkyl halides is 1. The summed E-state index contributed by atoms with van der Waals surface area (Å²) in [4.78, 5) is 8.61. The van der Waals surface area contributed by atoms with Gasteiger partial charge in [0.1, 0.15) is 23.0 Å². The van der Waals surface area contributed by atoms with Crippen molar-refractivity contribution in [2.45, 2.75) is 12.8 Å². The van der Waals surface area contributed by atoms with Crippen LogP contribution in [0.25, 0.3) is 16.9 Å². The summed E-state index contributed by atoms with van der Waals surface area (Å²) in [6, 6.07) is 5.21. The van der Waals surface area contributed by atoms with Gasteiger partial charge in [-0.2, -0.15) is 0 Å². The summed E-state index contributed by atoms with van der Waals surface area (Å²) in [5.41, 5.74) is 2.25. The number of hydrogen-bond acceptors (Lipinski definition) is 2. The lowest BCUT2D eigenvalue weighted by Gasteiger charge is -2.08. The lowest BCUT2D eigenvalue weighted by molar-refractivity contribution is 0.577. The van der Waals surface area contributed by atoms with Gasteiger partial charge < -0.3 is 0 Å². The van der Waals surface area contributed by atoms with E-state index in [2.05, 4.69) is 9.97 Å². The smallest absolute Gasteiger partial charge is 0.164 e. The van der Waals surface area contributed by atoms with E-state index in [0.29, 0.717) is 17.0 Å². The first-order valence-electron chi connectivity index (χ1n) is 5.95. The first-order chi connectivity index (χ1) is 9.60. The minimum atomic E-state index is -0.682. The number of benzene rings is 1. The van der Waals surface area contributed by atoms with E-state index in [9.17, 15) is 8.78 Å². The molecular weight excluding hydrogens is 284 g/mol. The Kier molecular flexibility index (Phi) is 3.14. The molecular formula is C14H10ClF2N3. The minimum absolute atomic E-state index is 0.103. The highest BCUT2D eigenvalue weighted by atomic mass is 35.5. The van der Waals surface area contributed by atoms with Crippen molar-refractivity contribution in [2.75, 3.05) is 0 Å². The number of halogens is 3. The van der Waals surface area contributed by atoms with Crippen molar-refractivity contribution in [1.82, 2.24) is 14.5 Å². The van der Waals surface area contributed by atoms with Gasteiger partial charge in [0.15, 0.2) is 5.65 Å². The van der Waals surface area contributed by atoms with Gasteiger partial charge in [0.05, 0.1) is 11.6 Å². The SMILES string of the molecule is Cc1cnc2c(c1)nc(CCl)n2-c1ccc(F)cc1F. The third kappa shape index (κ3) is 2.04. The molecule has 0 radical (unpaired) electrons. The average Bonchev–Trinajstić information content (AvgIpc) is 2.76. The molecule has 2 heterocycles. The fourth-order valence-electron chi connectivity index (χ4n) is 2.12. The molecule has 0 N–H and O–H groups in total. The van der Waals surface area contributed by atoms with Crippen LogP contribution in [0.5, 0.6) is 0 Å². The van der Waals surface area contributed by atoms with Crippen LogP contribution in [0.2, 0.25) is 0 Å². The summed E-state index contributed by atoms with van der Waals surface area (Å²) in [6.45, 7) is 1.89. The Labute approximate surface area is 118 Å². The van der Waals surface area contributed by atoms with Crippen molar-refractivity contribution in [3.8, 4) is 5.69 Å². The Hall–Kier alpha value is -2.01. The summed E-state index contributed by atoms with van der Waals surface area (Å²) in [5.74, 6) is -0.748. The fraction of sp³-hybridized carbons (Fsp3) is 0.143. The molecule has 20 heavy (non-hydrogen) atoms. The molecule has 1 aromatic carbocycles. The van der Waals surface area contributed by atoms with Gasteiger partial charge in [-0.3, -0.25) is 4.57 Å². The first kappa shape index (κ1) is 13.0. The number of rotatable bonds is 2. The van der Waals surface area contributed by atoms with Crippen molar-refractivity contribution in [3.05, 3.63) is 53.5 Å².